The Kier molecular flexibility index (Phi) is 5.85. The maximum atomic E-state index is 12.0. The fraction of sp³-hybridized carbons (Fsp3) is 0.188. The molecule has 0 bridgehead atoms. The molecule has 0 radical (unpaired) electrons. The number of aryl methyl sites for hydroxylation is 1. The Morgan fingerprint density at radius 3 is 2.59 bits per heavy atom. The van der Waals surface area contributed by atoms with Gasteiger partial charge in [-0.05, 0) is 58.7 Å². The summed E-state index contributed by atoms with van der Waals surface area (Å²) in [5.41, 5.74) is 1.75. The van der Waals surface area contributed by atoms with Gasteiger partial charge in [0.15, 0.2) is 18.1 Å². The number of hydrogen-bond acceptors (Lipinski definition) is 3. The summed E-state index contributed by atoms with van der Waals surface area (Å²) in [5.74, 6) is 0.904. The molecular formula is C16H15Br2NO3. The summed E-state index contributed by atoms with van der Waals surface area (Å²) in [6.07, 6.45) is 0. The average Bonchev–Trinajstić information content (AvgIpc) is 2.48. The van der Waals surface area contributed by atoms with Gasteiger partial charge >= 0.3 is 0 Å². The van der Waals surface area contributed by atoms with E-state index in [0.29, 0.717) is 17.2 Å². The van der Waals surface area contributed by atoms with E-state index in [2.05, 4.69) is 37.2 Å². The molecule has 2 aromatic carbocycles. The molecule has 0 heterocycles. The van der Waals surface area contributed by atoms with E-state index in [1.54, 1.807) is 19.2 Å². The van der Waals surface area contributed by atoms with Crippen LogP contribution in [0.1, 0.15) is 5.56 Å². The van der Waals surface area contributed by atoms with Crippen molar-refractivity contribution in [2.45, 2.75) is 6.92 Å². The second-order valence-electron chi connectivity index (χ2n) is 4.62. The molecule has 0 saturated carbocycles. The van der Waals surface area contributed by atoms with Gasteiger partial charge in [0.25, 0.3) is 5.91 Å². The molecule has 0 aliphatic heterocycles. The van der Waals surface area contributed by atoms with Gasteiger partial charge in [-0.1, -0.05) is 22.0 Å². The van der Waals surface area contributed by atoms with Crippen molar-refractivity contribution in [1.29, 1.82) is 0 Å². The number of ether oxygens (including phenoxy) is 2. The van der Waals surface area contributed by atoms with Gasteiger partial charge in [-0.25, -0.2) is 0 Å². The van der Waals surface area contributed by atoms with Crippen LogP contribution >= 0.6 is 31.9 Å². The lowest BCUT2D eigenvalue weighted by Gasteiger charge is -2.12. The summed E-state index contributed by atoms with van der Waals surface area (Å²) >= 11 is 6.76. The molecule has 0 aliphatic carbocycles. The highest BCUT2D eigenvalue weighted by Gasteiger charge is 2.09. The molecule has 0 saturated heterocycles. The number of rotatable bonds is 5. The molecule has 0 spiro atoms. The van der Waals surface area contributed by atoms with Crippen LogP contribution in [0.5, 0.6) is 11.5 Å². The van der Waals surface area contributed by atoms with E-state index in [1.807, 2.05) is 31.2 Å². The molecule has 0 unspecified atom stereocenters. The van der Waals surface area contributed by atoms with Gasteiger partial charge in [0.2, 0.25) is 0 Å². The highest BCUT2D eigenvalue weighted by molar-refractivity contribution is 9.11. The van der Waals surface area contributed by atoms with Crippen molar-refractivity contribution in [3.8, 4) is 11.5 Å². The number of benzene rings is 2. The van der Waals surface area contributed by atoms with Crippen LogP contribution in [0.15, 0.2) is 45.3 Å². The Morgan fingerprint density at radius 2 is 1.91 bits per heavy atom. The molecule has 0 fully saturated rings. The zero-order valence-electron chi connectivity index (χ0n) is 12.2. The van der Waals surface area contributed by atoms with E-state index in [-0.39, 0.29) is 12.5 Å². The third-order valence-electron chi connectivity index (χ3n) is 2.88. The smallest absolute Gasteiger partial charge is 0.262 e. The molecular weight excluding hydrogens is 414 g/mol. The van der Waals surface area contributed by atoms with Crippen molar-refractivity contribution >= 4 is 43.5 Å². The number of carbonyl (C=O) groups excluding carboxylic acids is 1. The predicted molar refractivity (Wildman–Crippen MR) is 93.7 cm³/mol. The first-order chi connectivity index (χ1) is 10.5. The van der Waals surface area contributed by atoms with Crippen LogP contribution in [0.2, 0.25) is 0 Å². The predicted octanol–water partition coefficient (Wildman–Crippen LogP) is 4.55. The van der Waals surface area contributed by atoms with Gasteiger partial charge < -0.3 is 14.8 Å². The monoisotopic (exact) mass is 427 g/mol. The van der Waals surface area contributed by atoms with Crippen LogP contribution in [0.4, 0.5) is 5.69 Å². The van der Waals surface area contributed by atoms with Crippen LogP contribution in [0.3, 0.4) is 0 Å². The Morgan fingerprint density at radius 1 is 1.14 bits per heavy atom. The molecule has 2 rings (SSSR count). The fourth-order valence-electron chi connectivity index (χ4n) is 1.81. The Hall–Kier alpha value is -1.53. The van der Waals surface area contributed by atoms with Crippen molar-refractivity contribution in [1.82, 2.24) is 0 Å². The minimum absolute atomic E-state index is 0.0953. The SMILES string of the molecule is COc1cc(C)ccc1OCC(=O)Nc1ccc(Br)cc1Br. The van der Waals surface area contributed by atoms with E-state index in [9.17, 15) is 4.79 Å². The van der Waals surface area contributed by atoms with Crippen molar-refractivity contribution in [3.05, 3.63) is 50.9 Å². The van der Waals surface area contributed by atoms with Crippen LogP contribution in [0.25, 0.3) is 0 Å². The standard InChI is InChI=1S/C16H15Br2NO3/c1-10-3-6-14(15(7-10)21-2)22-9-16(20)19-13-5-4-11(17)8-12(13)18/h3-8H,9H2,1-2H3,(H,19,20). The second kappa shape index (κ2) is 7.65. The average molecular weight is 429 g/mol. The van der Waals surface area contributed by atoms with Crippen LogP contribution in [-0.4, -0.2) is 19.6 Å². The molecule has 22 heavy (non-hydrogen) atoms. The van der Waals surface area contributed by atoms with E-state index in [1.165, 1.54) is 0 Å². The third kappa shape index (κ3) is 4.48. The number of hydrogen-bond donors (Lipinski definition) is 1. The van der Waals surface area contributed by atoms with Gasteiger partial charge in [-0.2, -0.15) is 0 Å². The first kappa shape index (κ1) is 16.8. The van der Waals surface area contributed by atoms with Crippen LogP contribution in [-0.2, 0) is 4.79 Å². The Bertz CT molecular complexity index is 689. The number of anilines is 1. The van der Waals surface area contributed by atoms with Gasteiger partial charge in [-0.15, -0.1) is 0 Å². The summed E-state index contributed by atoms with van der Waals surface area (Å²) in [5, 5.41) is 2.78. The van der Waals surface area contributed by atoms with E-state index in [0.717, 1.165) is 14.5 Å². The molecule has 116 valence electrons. The number of methoxy groups -OCH3 is 1. The quantitative estimate of drug-likeness (QED) is 0.759. The van der Waals surface area contributed by atoms with Gasteiger partial charge in [0.1, 0.15) is 0 Å². The molecule has 4 nitrogen and oxygen atoms in total. The molecule has 0 aromatic heterocycles. The highest BCUT2D eigenvalue weighted by atomic mass is 79.9. The fourth-order valence-corrected chi connectivity index (χ4v) is 2.96. The molecule has 1 amide bonds. The van der Waals surface area contributed by atoms with Crippen molar-refractivity contribution in [2.75, 3.05) is 19.0 Å². The van der Waals surface area contributed by atoms with E-state index in [4.69, 9.17) is 9.47 Å². The molecule has 6 heteroatoms. The summed E-state index contributed by atoms with van der Waals surface area (Å²) in [4.78, 5) is 12.0. The van der Waals surface area contributed by atoms with Crippen LogP contribution < -0.4 is 14.8 Å². The highest BCUT2D eigenvalue weighted by Crippen LogP contribution is 2.28. The lowest BCUT2D eigenvalue weighted by atomic mass is 10.2. The minimum Gasteiger partial charge on any atom is -0.493 e. The largest absolute Gasteiger partial charge is 0.493 e. The maximum Gasteiger partial charge on any atom is 0.262 e. The van der Waals surface area contributed by atoms with Gasteiger partial charge in [-0.3, -0.25) is 4.79 Å². The topological polar surface area (TPSA) is 47.6 Å². The summed E-state index contributed by atoms with van der Waals surface area (Å²) in [6, 6.07) is 11.1. The maximum absolute atomic E-state index is 12.0. The Balaban J connectivity index is 1.98. The minimum atomic E-state index is -0.245. The first-order valence-corrected chi connectivity index (χ1v) is 8.10. The lowest BCUT2D eigenvalue weighted by molar-refractivity contribution is -0.118. The van der Waals surface area contributed by atoms with Crippen molar-refractivity contribution < 1.29 is 14.3 Å². The number of nitrogens with one attached hydrogen (secondary N) is 1. The normalized spacial score (nSPS) is 10.2. The Labute approximate surface area is 146 Å². The van der Waals surface area contributed by atoms with Crippen molar-refractivity contribution in [3.63, 3.8) is 0 Å². The zero-order chi connectivity index (χ0) is 16.1. The van der Waals surface area contributed by atoms with Crippen LogP contribution in [0, 0.1) is 6.92 Å². The van der Waals surface area contributed by atoms with E-state index < -0.39 is 0 Å². The summed E-state index contributed by atoms with van der Waals surface area (Å²) in [6.45, 7) is 1.87. The molecule has 2 aromatic rings. The number of carbonyl (C=O) groups is 1. The first-order valence-electron chi connectivity index (χ1n) is 6.52. The van der Waals surface area contributed by atoms with E-state index >= 15 is 0 Å². The zero-order valence-corrected chi connectivity index (χ0v) is 15.3. The molecule has 1 N–H and O–H groups in total. The summed E-state index contributed by atoms with van der Waals surface area (Å²) in [7, 11) is 1.57. The number of halogens is 2. The lowest BCUT2D eigenvalue weighted by Crippen LogP contribution is -2.20. The van der Waals surface area contributed by atoms with Gasteiger partial charge in [0.05, 0.1) is 12.8 Å². The van der Waals surface area contributed by atoms with Gasteiger partial charge in [0, 0.05) is 8.95 Å². The third-order valence-corrected chi connectivity index (χ3v) is 4.03. The second-order valence-corrected chi connectivity index (χ2v) is 6.39. The molecule has 0 atom stereocenters. The van der Waals surface area contributed by atoms with Crippen molar-refractivity contribution in [2.24, 2.45) is 0 Å². The summed E-state index contributed by atoms with van der Waals surface area (Å²) < 4.78 is 12.5. The molecule has 0 aliphatic rings. The number of amides is 1.